The monoisotopic (exact) mass is 300 g/mol. The van der Waals surface area contributed by atoms with E-state index in [1.807, 2.05) is 0 Å². The van der Waals surface area contributed by atoms with Crippen LogP contribution in [0.25, 0.3) is 0 Å². The van der Waals surface area contributed by atoms with Gasteiger partial charge in [0.05, 0.1) is 17.2 Å². The molecule has 0 aromatic heterocycles. The largest absolute Gasteiger partial charge is 0.494 e. The molecule has 0 aliphatic carbocycles. The molecule has 0 heterocycles. The first-order valence-corrected chi connectivity index (χ1v) is 6.25. The number of halogens is 3. The summed E-state index contributed by atoms with van der Waals surface area (Å²) in [7, 11) is 1.37. The van der Waals surface area contributed by atoms with E-state index < -0.39 is 11.9 Å². The van der Waals surface area contributed by atoms with Crippen molar-refractivity contribution in [2.75, 3.05) is 7.11 Å². The number of methoxy groups -OCH3 is 1. The van der Waals surface area contributed by atoms with Crippen LogP contribution in [0.5, 0.6) is 5.75 Å². The van der Waals surface area contributed by atoms with Crippen LogP contribution in [0.2, 0.25) is 10.0 Å². The Labute approximate surface area is 120 Å². The van der Waals surface area contributed by atoms with Crippen molar-refractivity contribution < 1.29 is 14.2 Å². The standard InChI is InChI=1S/C14H11Cl2FO2/c1-19-13-7-9(3-5-12(13)17)14(18)8-2-4-10(15)11(16)6-8/h2-7,14,18H,1H3. The Morgan fingerprint density at radius 2 is 1.68 bits per heavy atom. The third kappa shape index (κ3) is 3.00. The van der Waals surface area contributed by atoms with Crippen LogP contribution >= 0.6 is 23.2 Å². The van der Waals surface area contributed by atoms with E-state index in [0.717, 1.165) is 0 Å². The molecular weight excluding hydrogens is 290 g/mol. The van der Waals surface area contributed by atoms with Crippen molar-refractivity contribution in [1.29, 1.82) is 0 Å². The lowest BCUT2D eigenvalue weighted by atomic mass is 10.0. The molecule has 0 aliphatic heterocycles. The molecule has 0 saturated heterocycles. The molecule has 2 aromatic rings. The quantitative estimate of drug-likeness (QED) is 0.919. The first kappa shape index (κ1) is 14.1. The number of benzene rings is 2. The summed E-state index contributed by atoms with van der Waals surface area (Å²) < 4.78 is 18.2. The van der Waals surface area contributed by atoms with Crippen LogP contribution in [0.1, 0.15) is 17.2 Å². The van der Waals surface area contributed by atoms with Gasteiger partial charge in [-0.3, -0.25) is 0 Å². The van der Waals surface area contributed by atoms with Gasteiger partial charge in [0.1, 0.15) is 6.10 Å². The van der Waals surface area contributed by atoms with Crippen molar-refractivity contribution in [3.8, 4) is 5.75 Å². The summed E-state index contributed by atoms with van der Waals surface area (Å²) in [5.74, 6) is -0.399. The third-order valence-corrected chi connectivity index (χ3v) is 3.49. The average Bonchev–Trinajstić information content (AvgIpc) is 2.41. The van der Waals surface area contributed by atoms with E-state index in [1.54, 1.807) is 18.2 Å². The molecule has 1 unspecified atom stereocenters. The fourth-order valence-electron chi connectivity index (χ4n) is 1.72. The maximum Gasteiger partial charge on any atom is 0.165 e. The van der Waals surface area contributed by atoms with Crippen LogP contribution in [-0.4, -0.2) is 12.2 Å². The molecule has 0 fully saturated rings. The van der Waals surface area contributed by atoms with E-state index in [4.69, 9.17) is 27.9 Å². The second kappa shape index (κ2) is 5.78. The maximum atomic E-state index is 13.3. The van der Waals surface area contributed by atoms with Gasteiger partial charge in [0, 0.05) is 0 Å². The van der Waals surface area contributed by atoms with Gasteiger partial charge >= 0.3 is 0 Å². The molecule has 1 atom stereocenters. The molecule has 5 heteroatoms. The fraction of sp³-hybridized carbons (Fsp3) is 0.143. The SMILES string of the molecule is COc1cc(C(O)c2ccc(Cl)c(Cl)c2)ccc1F. The summed E-state index contributed by atoms with van der Waals surface area (Å²) in [5.41, 5.74) is 1.08. The van der Waals surface area contributed by atoms with Crippen molar-refractivity contribution in [2.45, 2.75) is 6.10 Å². The van der Waals surface area contributed by atoms with Crippen LogP contribution < -0.4 is 4.74 Å². The van der Waals surface area contributed by atoms with E-state index in [1.165, 1.54) is 25.3 Å². The number of hydrogen-bond donors (Lipinski definition) is 1. The number of rotatable bonds is 3. The van der Waals surface area contributed by atoms with Gasteiger partial charge in [0.15, 0.2) is 11.6 Å². The summed E-state index contributed by atoms with van der Waals surface area (Å²) in [4.78, 5) is 0. The topological polar surface area (TPSA) is 29.5 Å². The minimum Gasteiger partial charge on any atom is -0.494 e. The van der Waals surface area contributed by atoms with Gasteiger partial charge in [-0.05, 0) is 35.4 Å². The maximum absolute atomic E-state index is 13.3. The minimum atomic E-state index is -0.927. The third-order valence-electron chi connectivity index (χ3n) is 2.75. The molecule has 0 amide bonds. The zero-order valence-electron chi connectivity index (χ0n) is 10.0. The summed E-state index contributed by atoms with van der Waals surface area (Å²) >= 11 is 11.7. The summed E-state index contributed by atoms with van der Waals surface area (Å²) in [6, 6.07) is 9.02. The predicted octanol–water partition coefficient (Wildman–Crippen LogP) is 4.22. The molecule has 2 nitrogen and oxygen atoms in total. The Morgan fingerprint density at radius 3 is 2.32 bits per heavy atom. The Morgan fingerprint density at radius 1 is 1.05 bits per heavy atom. The predicted molar refractivity (Wildman–Crippen MR) is 73.5 cm³/mol. The molecule has 0 aliphatic rings. The summed E-state index contributed by atoms with van der Waals surface area (Å²) in [5, 5.41) is 11.0. The Balaban J connectivity index is 2.37. The van der Waals surface area contributed by atoms with Gasteiger partial charge < -0.3 is 9.84 Å². The molecule has 0 saturated carbocycles. The zero-order valence-corrected chi connectivity index (χ0v) is 11.5. The van der Waals surface area contributed by atoms with Crippen LogP contribution in [0, 0.1) is 5.82 Å². The highest BCUT2D eigenvalue weighted by Crippen LogP contribution is 2.30. The van der Waals surface area contributed by atoms with E-state index in [0.29, 0.717) is 21.2 Å². The van der Waals surface area contributed by atoms with Crippen LogP contribution in [0.15, 0.2) is 36.4 Å². The molecule has 2 rings (SSSR count). The highest BCUT2D eigenvalue weighted by atomic mass is 35.5. The molecular formula is C14H11Cl2FO2. The van der Waals surface area contributed by atoms with Crippen molar-refractivity contribution in [2.24, 2.45) is 0 Å². The van der Waals surface area contributed by atoms with Crippen molar-refractivity contribution in [3.05, 3.63) is 63.4 Å². The van der Waals surface area contributed by atoms with Gasteiger partial charge in [0.2, 0.25) is 0 Å². The normalized spacial score (nSPS) is 12.3. The van der Waals surface area contributed by atoms with Gasteiger partial charge in [-0.2, -0.15) is 0 Å². The van der Waals surface area contributed by atoms with E-state index in [-0.39, 0.29) is 5.75 Å². The minimum absolute atomic E-state index is 0.0802. The van der Waals surface area contributed by atoms with E-state index >= 15 is 0 Å². The Kier molecular flexibility index (Phi) is 4.30. The number of aliphatic hydroxyl groups is 1. The number of aliphatic hydroxyl groups excluding tert-OH is 1. The lowest BCUT2D eigenvalue weighted by molar-refractivity contribution is 0.219. The second-order valence-corrected chi connectivity index (χ2v) is 4.78. The lowest BCUT2D eigenvalue weighted by Crippen LogP contribution is -2.01. The van der Waals surface area contributed by atoms with Gasteiger partial charge in [0.25, 0.3) is 0 Å². The molecule has 19 heavy (non-hydrogen) atoms. The molecule has 0 bridgehead atoms. The summed E-state index contributed by atoms with van der Waals surface area (Å²) in [6.45, 7) is 0. The highest BCUT2D eigenvalue weighted by molar-refractivity contribution is 6.42. The Bertz CT molecular complexity index is 602. The Hall–Kier alpha value is -1.29. The van der Waals surface area contributed by atoms with Gasteiger partial charge in [-0.1, -0.05) is 35.3 Å². The first-order chi connectivity index (χ1) is 9.02. The highest BCUT2D eigenvalue weighted by Gasteiger charge is 2.14. The zero-order chi connectivity index (χ0) is 14.0. The molecule has 2 aromatic carbocycles. The van der Waals surface area contributed by atoms with Crippen LogP contribution in [-0.2, 0) is 0 Å². The molecule has 0 spiro atoms. The fourth-order valence-corrected chi connectivity index (χ4v) is 2.03. The average molecular weight is 301 g/mol. The molecule has 0 radical (unpaired) electrons. The second-order valence-electron chi connectivity index (χ2n) is 3.97. The van der Waals surface area contributed by atoms with Crippen molar-refractivity contribution >= 4 is 23.2 Å². The van der Waals surface area contributed by atoms with Crippen molar-refractivity contribution in [3.63, 3.8) is 0 Å². The van der Waals surface area contributed by atoms with Crippen LogP contribution in [0.4, 0.5) is 4.39 Å². The van der Waals surface area contributed by atoms with E-state index in [9.17, 15) is 9.50 Å². The molecule has 1 N–H and O–H groups in total. The van der Waals surface area contributed by atoms with E-state index in [2.05, 4.69) is 0 Å². The van der Waals surface area contributed by atoms with Crippen molar-refractivity contribution in [1.82, 2.24) is 0 Å². The lowest BCUT2D eigenvalue weighted by Gasteiger charge is -2.13. The first-order valence-electron chi connectivity index (χ1n) is 5.49. The van der Waals surface area contributed by atoms with Crippen LogP contribution in [0.3, 0.4) is 0 Å². The smallest absolute Gasteiger partial charge is 0.165 e. The number of hydrogen-bond acceptors (Lipinski definition) is 2. The van der Waals surface area contributed by atoms with Gasteiger partial charge in [-0.25, -0.2) is 4.39 Å². The van der Waals surface area contributed by atoms with Gasteiger partial charge in [-0.15, -0.1) is 0 Å². The number of ether oxygens (including phenoxy) is 1. The molecule has 100 valence electrons. The summed E-state index contributed by atoms with van der Waals surface area (Å²) in [6.07, 6.45) is -0.927.